The molecule has 2 heterocycles. The highest BCUT2D eigenvalue weighted by Gasteiger charge is 2.23. The van der Waals surface area contributed by atoms with Gasteiger partial charge in [-0.3, -0.25) is 30.7 Å². The van der Waals surface area contributed by atoms with E-state index in [-0.39, 0.29) is 18.2 Å². The zero-order chi connectivity index (χ0) is 19.9. The van der Waals surface area contributed by atoms with E-state index < -0.39 is 16.5 Å². The van der Waals surface area contributed by atoms with Crippen LogP contribution in [0.25, 0.3) is 0 Å². The molecule has 28 heavy (non-hydrogen) atoms. The number of pyridine rings is 1. The number of nitro groups is 1. The summed E-state index contributed by atoms with van der Waals surface area (Å²) in [6, 6.07) is 10.0. The lowest BCUT2D eigenvalue weighted by molar-refractivity contribution is -0.383. The predicted octanol–water partition coefficient (Wildman–Crippen LogP) is 2.80. The number of benzene rings is 1. The summed E-state index contributed by atoms with van der Waals surface area (Å²) >= 11 is 5.84. The van der Waals surface area contributed by atoms with Gasteiger partial charge in [0.25, 0.3) is 5.91 Å². The van der Waals surface area contributed by atoms with Gasteiger partial charge in [0, 0.05) is 29.5 Å². The van der Waals surface area contributed by atoms with Crippen LogP contribution in [-0.4, -0.2) is 25.8 Å². The van der Waals surface area contributed by atoms with Crippen LogP contribution in [0.15, 0.2) is 55.1 Å². The third kappa shape index (κ3) is 4.68. The van der Waals surface area contributed by atoms with Gasteiger partial charge in [0.05, 0.1) is 4.92 Å². The number of nitrogens with zero attached hydrogens (tertiary/aromatic N) is 4. The van der Waals surface area contributed by atoms with E-state index in [9.17, 15) is 14.9 Å². The number of aromatic nitrogens is 3. The van der Waals surface area contributed by atoms with Crippen LogP contribution in [0.5, 0.6) is 0 Å². The molecule has 0 radical (unpaired) electrons. The lowest BCUT2D eigenvalue weighted by Crippen LogP contribution is -2.30. The summed E-state index contributed by atoms with van der Waals surface area (Å²) in [5, 5.41) is 15.0. The normalized spacial score (nSPS) is 10.2. The molecule has 0 unspecified atom stereocenters. The van der Waals surface area contributed by atoms with Gasteiger partial charge in [-0.05, 0) is 29.8 Å². The minimum Gasteiger partial charge on any atom is -0.360 e. The van der Waals surface area contributed by atoms with Crippen LogP contribution in [0.3, 0.4) is 0 Å². The topological polar surface area (TPSA) is 135 Å². The summed E-state index contributed by atoms with van der Waals surface area (Å²) in [7, 11) is 0. The van der Waals surface area contributed by atoms with Gasteiger partial charge in [-0.15, -0.1) is 0 Å². The van der Waals surface area contributed by atoms with Gasteiger partial charge in [0.2, 0.25) is 11.6 Å². The van der Waals surface area contributed by atoms with Crippen molar-refractivity contribution in [2.75, 3.05) is 10.7 Å². The molecule has 0 saturated heterocycles. The standard InChI is InChI=1S/C17H14ClN7O3/c18-13-3-1-11(2-4-13)9-20-15-14(25(27)28)16(22-10-21-15)23-24-17(26)12-5-7-19-8-6-12/h1-8,10H,9H2,(H,24,26)(H2,20,21,22,23). The molecule has 2 aromatic heterocycles. The number of anilines is 2. The molecule has 3 N–H and O–H groups in total. The van der Waals surface area contributed by atoms with Crippen molar-refractivity contribution in [1.29, 1.82) is 0 Å². The smallest absolute Gasteiger partial charge is 0.354 e. The average molecular weight is 400 g/mol. The van der Waals surface area contributed by atoms with Gasteiger partial charge in [0.1, 0.15) is 6.33 Å². The fourth-order valence-electron chi connectivity index (χ4n) is 2.25. The molecule has 10 nitrogen and oxygen atoms in total. The zero-order valence-electron chi connectivity index (χ0n) is 14.3. The van der Waals surface area contributed by atoms with E-state index in [0.717, 1.165) is 11.9 Å². The lowest BCUT2D eigenvalue weighted by Gasteiger charge is -2.11. The number of carbonyl (C=O) groups excluding carboxylic acids is 1. The first-order valence-electron chi connectivity index (χ1n) is 7.98. The summed E-state index contributed by atoms with van der Waals surface area (Å²) < 4.78 is 0. The predicted molar refractivity (Wildman–Crippen MR) is 103 cm³/mol. The first-order valence-corrected chi connectivity index (χ1v) is 8.36. The molecule has 0 saturated carbocycles. The molecule has 142 valence electrons. The first-order chi connectivity index (χ1) is 13.5. The summed E-state index contributed by atoms with van der Waals surface area (Å²) in [6.07, 6.45) is 4.07. The maximum Gasteiger partial charge on any atom is 0.354 e. The van der Waals surface area contributed by atoms with Gasteiger partial charge in [-0.25, -0.2) is 9.97 Å². The monoisotopic (exact) mass is 399 g/mol. The Kier molecular flexibility index (Phi) is 5.92. The van der Waals surface area contributed by atoms with E-state index in [1.807, 2.05) is 0 Å². The van der Waals surface area contributed by atoms with E-state index in [1.165, 1.54) is 24.5 Å². The summed E-state index contributed by atoms with van der Waals surface area (Å²) in [6.45, 7) is 0.290. The van der Waals surface area contributed by atoms with Crippen LogP contribution in [0.1, 0.15) is 15.9 Å². The highest BCUT2D eigenvalue weighted by atomic mass is 35.5. The summed E-state index contributed by atoms with van der Waals surface area (Å²) in [4.78, 5) is 34.6. The van der Waals surface area contributed by atoms with Crippen molar-refractivity contribution in [3.8, 4) is 0 Å². The third-order valence-electron chi connectivity index (χ3n) is 3.62. The van der Waals surface area contributed by atoms with E-state index in [0.29, 0.717) is 10.6 Å². The van der Waals surface area contributed by atoms with E-state index >= 15 is 0 Å². The molecular formula is C17H14ClN7O3. The lowest BCUT2D eigenvalue weighted by atomic mass is 10.2. The second kappa shape index (κ2) is 8.73. The Morgan fingerprint density at radius 2 is 1.75 bits per heavy atom. The molecule has 0 atom stereocenters. The highest BCUT2D eigenvalue weighted by molar-refractivity contribution is 6.30. The van der Waals surface area contributed by atoms with Crippen LogP contribution in [0.4, 0.5) is 17.3 Å². The second-order valence-electron chi connectivity index (χ2n) is 5.47. The van der Waals surface area contributed by atoms with Crippen LogP contribution in [0, 0.1) is 10.1 Å². The molecule has 1 aromatic carbocycles. The molecular weight excluding hydrogens is 386 g/mol. The Morgan fingerprint density at radius 3 is 2.43 bits per heavy atom. The van der Waals surface area contributed by atoms with Crippen molar-refractivity contribution in [3.63, 3.8) is 0 Å². The fraction of sp³-hybridized carbons (Fsp3) is 0.0588. The quantitative estimate of drug-likeness (QED) is 0.407. The largest absolute Gasteiger partial charge is 0.360 e. The van der Waals surface area contributed by atoms with Gasteiger partial charge in [-0.2, -0.15) is 0 Å². The molecule has 0 spiro atoms. The van der Waals surface area contributed by atoms with Crippen LogP contribution >= 0.6 is 11.6 Å². The van der Waals surface area contributed by atoms with Crippen molar-refractivity contribution in [3.05, 3.63) is 81.4 Å². The molecule has 0 bridgehead atoms. The van der Waals surface area contributed by atoms with Gasteiger partial charge >= 0.3 is 5.69 Å². The number of hydrazine groups is 1. The van der Waals surface area contributed by atoms with Crippen LogP contribution < -0.4 is 16.2 Å². The zero-order valence-corrected chi connectivity index (χ0v) is 15.1. The fourth-order valence-corrected chi connectivity index (χ4v) is 2.38. The Balaban J connectivity index is 1.74. The maximum atomic E-state index is 12.1. The van der Waals surface area contributed by atoms with Gasteiger partial charge < -0.3 is 5.32 Å². The Morgan fingerprint density at radius 1 is 1.07 bits per heavy atom. The Bertz CT molecular complexity index is 984. The van der Waals surface area contributed by atoms with E-state index in [1.54, 1.807) is 24.3 Å². The molecule has 1 amide bonds. The van der Waals surface area contributed by atoms with Crippen LogP contribution in [-0.2, 0) is 6.54 Å². The maximum absolute atomic E-state index is 12.1. The van der Waals surface area contributed by atoms with Crippen molar-refractivity contribution in [2.45, 2.75) is 6.54 Å². The molecule has 0 aliphatic heterocycles. The summed E-state index contributed by atoms with van der Waals surface area (Å²) in [5.41, 5.74) is 5.63. The van der Waals surface area contributed by atoms with Gasteiger partial charge in [-0.1, -0.05) is 23.7 Å². The van der Waals surface area contributed by atoms with Crippen molar-refractivity contribution in [1.82, 2.24) is 20.4 Å². The SMILES string of the molecule is O=C(NNc1ncnc(NCc2ccc(Cl)cc2)c1[N+](=O)[O-])c1ccncc1. The molecule has 0 aliphatic rings. The number of hydrogen-bond donors (Lipinski definition) is 3. The number of halogens is 1. The number of rotatable bonds is 7. The van der Waals surface area contributed by atoms with Crippen molar-refractivity contribution >= 4 is 34.8 Å². The minimum atomic E-state index is -0.634. The third-order valence-corrected chi connectivity index (χ3v) is 3.87. The van der Waals surface area contributed by atoms with Crippen molar-refractivity contribution in [2.24, 2.45) is 0 Å². The van der Waals surface area contributed by atoms with E-state index in [4.69, 9.17) is 11.6 Å². The van der Waals surface area contributed by atoms with E-state index in [2.05, 4.69) is 31.1 Å². The number of carbonyl (C=O) groups is 1. The van der Waals surface area contributed by atoms with Gasteiger partial charge in [0.15, 0.2) is 0 Å². The minimum absolute atomic E-state index is 0.00982. The van der Waals surface area contributed by atoms with Crippen molar-refractivity contribution < 1.29 is 9.72 Å². The first kappa shape index (κ1) is 19.0. The average Bonchev–Trinajstić information content (AvgIpc) is 2.72. The highest BCUT2D eigenvalue weighted by Crippen LogP contribution is 2.28. The molecule has 11 heteroatoms. The Labute approximate surface area is 164 Å². The molecule has 0 aliphatic carbocycles. The molecule has 0 fully saturated rings. The second-order valence-corrected chi connectivity index (χ2v) is 5.91. The number of nitrogens with one attached hydrogen (secondary N) is 3. The summed E-state index contributed by atoms with van der Waals surface area (Å²) in [5.74, 6) is -0.636. The number of amides is 1. The van der Waals surface area contributed by atoms with Crippen LogP contribution in [0.2, 0.25) is 5.02 Å². The number of hydrogen-bond acceptors (Lipinski definition) is 8. The molecule has 3 aromatic rings. The molecule has 3 rings (SSSR count). The Hall–Kier alpha value is -3.79.